The van der Waals surface area contributed by atoms with Crippen LogP contribution in [0.2, 0.25) is 0 Å². The Morgan fingerprint density at radius 3 is 1.29 bits per heavy atom. The van der Waals surface area contributed by atoms with Gasteiger partial charge in [-0.3, -0.25) is 9.13 Å². The number of hydrogen-bond acceptors (Lipinski definition) is 5. The molecule has 0 aliphatic heterocycles. The molecule has 8 heteroatoms. The van der Waals surface area contributed by atoms with Gasteiger partial charge in [-0.1, -0.05) is 91.0 Å². The van der Waals surface area contributed by atoms with Crippen molar-refractivity contribution < 1.29 is 22.7 Å². The van der Waals surface area contributed by atoms with Gasteiger partial charge in [-0.2, -0.15) is 0 Å². The monoisotopic (exact) mass is 478 g/mol. The van der Waals surface area contributed by atoms with E-state index in [0.717, 1.165) is 16.7 Å². The third-order valence-corrected chi connectivity index (χ3v) is 10.6. The van der Waals surface area contributed by atoms with Crippen LogP contribution in [0.3, 0.4) is 0 Å². The summed E-state index contributed by atoms with van der Waals surface area (Å²) in [4.78, 5) is 0. The molecule has 0 aliphatic carbocycles. The second-order valence-corrected chi connectivity index (χ2v) is 12.7. The fourth-order valence-corrected chi connectivity index (χ4v) is 8.26. The molecule has 0 spiro atoms. The van der Waals surface area contributed by atoms with Gasteiger partial charge in [0.1, 0.15) is 5.90 Å². The molecule has 3 rings (SSSR count). The standard InChI is InChI=1S/C23H25ClO5P2/c24-19-30(25,27-16-21-10-4-1-5-11-21)20-31(26,28-17-22-12-6-2-7-13-22)29-18-23-14-8-3-9-15-23/h1-15H,16-20H2. The molecule has 0 radical (unpaired) electrons. The number of hydrogen-bond donors (Lipinski definition) is 0. The number of rotatable bonds is 12. The van der Waals surface area contributed by atoms with Gasteiger partial charge in [-0.05, 0) is 16.7 Å². The Balaban J connectivity index is 1.72. The molecule has 5 nitrogen and oxygen atoms in total. The summed E-state index contributed by atoms with van der Waals surface area (Å²) in [6.45, 7) is 0.226. The van der Waals surface area contributed by atoms with Crippen LogP contribution in [0.5, 0.6) is 0 Å². The lowest BCUT2D eigenvalue weighted by Gasteiger charge is -2.23. The van der Waals surface area contributed by atoms with Crippen molar-refractivity contribution in [2.75, 3.05) is 11.5 Å². The average molecular weight is 479 g/mol. The van der Waals surface area contributed by atoms with Gasteiger partial charge in [-0.25, -0.2) is 0 Å². The van der Waals surface area contributed by atoms with Crippen LogP contribution in [-0.4, -0.2) is 11.5 Å². The average Bonchev–Trinajstić information content (AvgIpc) is 2.82. The molecule has 31 heavy (non-hydrogen) atoms. The Bertz CT molecular complexity index is 968. The fourth-order valence-electron chi connectivity index (χ4n) is 2.76. The van der Waals surface area contributed by atoms with E-state index >= 15 is 0 Å². The van der Waals surface area contributed by atoms with E-state index < -0.39 is 20.9 Å². The van der Waals surface area contributed by atoms with E-state index in [9.17, 15) is 9.13 Å². The van der Waals surface area contributed by atoms with E-state index in [1.807, 2.05) is 91.0 Å². The zero-order valence-electron chi connectivity index (χ0n) is 17.0. The molecule has 3 aromatic carbocycles. The Kier molecular flexibility index (Phi) is 9.10. The smallest absolute Gasteiger partial charge is 0.322 e. The molecular formula is C23H25ClO5P2. The van der Waals surface area contributed by atoms with Crippen molar-refractivity contribution in [3.63, 3.8) is 0 Å². The van der Waals surface area contributed by atoms with Crippen LogP contribution in [-0.2, 0) is 42.5 Å². The van der Waals surface area contributed by atoms with Crippen molar-refractivity contribution in [1.29, 1.82) is 0 Å². The predicted molar refractivity (Wildman–Crippen MR) is 124 cm³/mol. The Hall–Kier alpha value is -1.71. The summed E-state index contributed by atoms with van der Waals surface area (Å²) in [5, 5.41) is 0. The normalized spacial score (nSPS) is 13.6. The quantitative estimate of drug-likeness (QED) is 0.202. The first kappa shape index (κ1) is 23.9. The molecule has 0 heterocycles. The number of benzene rings is 3. The molecule has 0 amide bonds. The summed E-state index contributed by atoms with van der Waals surface area (Å²) in [7, 11) is -7.26. The van der Waals surface area contributed by atoms with E-state index in [4.69, 9.17) is 25.2 Å². The largest absolute Gasteiger partial charge is 0.340 e. The minimum atomic E-state index is -3.78. The van der Waals surface area contributed by atoms with Crippen molar-refractivity contribution in [2.45, 2.75) is 19.8 Å². The molecule has 0 fully saturated rings. The lowest BCUT2D eigenvalue weighted by Crippen LogP contribution is -2.05. The summed E-state index contributed by atoms with van der Waals surface area (Å²) in [5.41, 5.74) is 2.22. The molecule has 3 aromatic rings. The fraction of sp³-hybridized carbons (Fsp3) is 0.217. The van der Waals surface area contributed by atoms with Crippen molar-refractivity contribution in [3.8, 4) is 0 Å². The summed E-state index contributed by atoms with van der Waals surface area (Å²) in [6, 6.07) is 28.0. The highest BCUT2D eigenvalue weighted by Gasteiger charge is 2.37. The van der Waals surface area contributed by atoms with Crippen LogP contribution in [0.1, 0.15) is 16.7 Å². The molecule has 0 saturated heterocycles. The summed E-state index contributed by atoms with van der Waals surface area (Å²) in [6.07, 6.45) is 0. The highest BCUT2D eigenvalue weighted by molar-refractivity contribution is 7.74. The molecule has 0 N–H and O–H groups in total. The maximum atomic E-state index is 13.6. The van der Waals surface area contributed by atoms with Crippen molar-refractivity contribution in [1.82, 2.24) is 0 Å². The first-order valence-corrected chi connectivity index (χ1v) is 14.0. The third-order valence-electron chi connectivity index (χ3n) is 4.42. The highest BCUT2D eigenvalue weighted by Crippen LogP contribution is 2.64. The van der Waals surface area contributed by atoms with Crippen LogP contribution in [0.4, 0.5) is 0 Å². The van der Waals surface area contributed by atoms with Crippen molar-refractivity contribution in [3.05, 3.63) is 108 Å². The van der Waals surface area contributed by atoms with Gasteiger partial charge in [0.2, 0.25) is 7.37 Å². The van der Waals surface area contributed by atoms with Gasteiger partial charge >= 0.3 is 7.60 Å². The second-order valence-electron chi connectivity index (χ2n) is 6.96. The lowest BCUT2D eigenvalue weighted by molar-refractivity contribution is 0.193. The molecule has 0 aliphatic rings. The van der Waals surface area contributed by atoms with E-state index in [1.165, 1.54) is 0 Å². The molecule has 0 bridgehead atoms. The van der Waals surface area contributed by atoms with Gasteiger partial charge in [0.05, 0.1) is 25.4 Å². The van der Waals surface area contributed by atoms with E-state index in [1.54, 1.807) is 0 Å². The Labute approximate surface area is 188 Å². The van der Waals surface area contributed by atoms with Crippen LogP contribution < -0.4 is 0 Å². The van der Waals surface area contributed by atoms with Crippen molar-refractivity contribution >= 4 is 26.6 Å². The molecule has 1 atom stereocenters. The molecular weight excluding hydrogens is 454 g/mol. The summed E-state index contributed by atoms with van der Waals surface area (Å²) >= 11 is 6.00. The Morgan fingerprint density at radius 1 is 0.581 bits per heavy atom. The predicted octanol–water partition coefficient (Wildman–Crippen LogP) is 7.26. The van der Waals surface area contributed by atoms with E-state index in [0.29, 0.717) is 0 Å². The number of halogens is 1. The lowest BCUT2D eigenvalue weighted by atomic mass is 10.2. The summed E-state index contributed by atoms with van der Waals surface area (Å²) in [5.74, 6) is -0.393. The van der Waals surface area contributed by atoms with Crippen LogP contribution in [0.25, 0.3) is 0 Å². The number of alkyl halides is 1. The van der Waals surface area contributed by atoms with Crippen LogP contribution >= 0.6 is 26.6 Å². The van der Waals surface area contributed by atoms with Crippen molar-refractivity contribution in [2.24, 2.45) is 0 Å². The minimum absolute atomic E-state index is 0.0634. The van der Waals surface area contributed by atoms with Crippen LogP contribution in [0, 0.1) is 0 Å². The zero-order chi connectivity index (χ0) is 22.0. The van der Waals surface area contributed by atoms with E-state index in [2.05, 4.69) is 0 Å². The SMILES string of the molecule is O=P(CCl)(CP(=O)(OCc1ccccc1)OCc1ccccc1)OCc1ccccc1. The maximum Gasteiger partial charge on any atom is 0.340 e. The molecule has 0 saturated carbocycles. The highest BCUT2D eigenvalue weighted by atomic mass is 35.5. The first-order valence-electron chi connectivity index (χ1n) is 9.79. The second kappa shape index (κ2) is 11.8. The minimum Gasteiger partial charge on any atom is -0.322 e. The zero-order valence-corrected chi connectivity index (χ0v) is 19.6. The Morgan fingerprint density at radius 2 is 0.935 bits per heavy atom. The molecule has 1 unspecified atom stereocenters. The topological polar surface area (TPSA) is 61.8 Å². The van der Waals surface area contributed by atoms with E-state index in [-0.39, 0.29) is 25.4 Å². The van der Waals surface area contributed by atoms with Gasteiger partial charge < -0.3 is 13.6 Å². The van der Waals surface area contributed by atoms with Gasteiger partial charge in [-0.15, -0.1) is 11.6 Å². The third kappa shape index (κ3) is 8.05. The first-order chi connectivity index (χ1) is 15.0. The molecule has 164 valence electrons. The van der Waals surface area contributed by atoms with Gasteiger partial charge in [0.25, 0.3) is 0 Å². The van der Waals surface area contributed by atoms with Gasteiger partial charge in [0.15, 0.2) is 0 Å². The summed E-state index contributed by atoms with van der Waals surface area (Å²) < 4.78 is 44.0. The molecule has 0 aromatic heterocycles. The van der Waals surface area contributed by atoms with Gasteiger partial charge in [0, 0.05) is 0 Å². The van der Waals surface area contributed by atoms with Crippen LogP contribution in [0.15, 0.2) is 91.0 Å². The maximum absolute atomic E-state index is 13.6.